The van der Waals surface area contributed by atoms with Gasteiger partial charge in [-0.15, -0.1) is 0 Å². The quantitative estimate of drug-likeness (QED) is 0.317. The van der Waals surface area contributed by atoms with Crippen molar-refractivity contribution >= 4 is 12.2 Å². The molecule has 0 bridgehead atoms. The zero-order valence-electron chi connectivity index (χ0n) is 21.0. The Balaban J connectivity index is 2.62. The molecule has 0 heterocycles. The highest BCUT2D eigenvalue weighted by Crippen LogP contribution is 2.45. The van der Waals surface area contributed by atoms with Crippen LogP contribution in [-0.2, 0) is 9.47 Å². The Labute approximate surface area is 190 Å². The first-order valence-electron chi connectivity index (χ1n) is 12.5. The predicted octanol–water partition coefficient (Wildman–Crippen LogP) is 6.57. The topological polar surface area (TPSA) is 76.7 Å². The minimum atomic E-state index is -0.350. The van der Waals surface area contributed by atoms with Gasteiger partial charge < -0.3 is 20.1 Å². The van der Waals surface area contributed by atoms with Gasteiger partial charge in [0.25, 0.3) is 0 Å². The van der Waals surface area contributed by atoms with Crippen LogP contribution in [0.2, 0.25) is 0 Å². The van der Waals surface area contributed by atoms with Crippen molar-refractivity contribution in [1.82, 2.24) is 10.6 Å². The Kier molecular flexibility index (Phi) is 12.3. The summed E-state index contributed by atoms with van der Waals surface area (Å²) < 4.78 is 11.0. The number of alkyl carbamates (subject to hydrolysis) is 2. The van der Waals surface area contributed by atoms with Gasteiger partial charge in [-0.1, -0.05) is 73.6 Å². The molecule has 1 rings (SSSR count). The standard InChI is InChI=1S/C25H48N2O4/c1-7-10-13-21(14-11-8-2)31-23(29)27-20-16-24(4,5)18-25(6,17-20)19-26-22(28)30-15-12-9-3/h20-21H,7-19H2,1-6H3,(H,26,28)(H,27,29). The molecule has 31 heavy (non-hydrogen) atoms. The predicted molar refractivity (Wildman–Crippen MR) is 126 cm³/mol. The lowest BCUT2D eigenvalue weighted by molar-refractivity contribution is 0.0504. The van der Waals surface area contributed by atoms with Gasteiger partial charge in [-0.05, 0) is 49.4 Å². The number of carbonyl (C=O) groups is 2. The Morgan fingerprint density at radius 3 is 2.13 bits per heavy atom. The number of rotatable bonds is 13. The highest BCUT2D eigenvalue weighted by molar-refractivity contribution is 5.68. The second-order valence-electron chi connectivity index (χ2n) is 10.6. The molecule has 1 aliphatic rings. The molecule has 1 saturated carbocycles. The molecule has 2 amide bonds. The smallest absolute Gasteiger partial charge is 0.407 e. The molecule has 1 fully saturated rings. The maximum atomic E-state index is 12.7. The Bertz CT molecular complexity index is 530. The lowest BCUT2D eigenvalue weighted by Gasteiger charge is -2.46. The molecule has 0 aromatic carbocycles. The molecule has 0 radical (unpaired) electrons. The summed E-state index contributed by atoms with van der Waals surface area (Å²) in [6, 6.07) is 0.0390. The van der Waals surface area contributed by atoms with Crippen molar-refractivity contribution in [3.8, 4) is 0 Å². The first-order valence-corrected chi connectivity index (χ1v) is 12.5. The summed E-state index contributed by atoms with van der Waals surface area (Å²) in [5.41, 5.74) is -0.0319. The summed E-state index contributed by atoms with van der Waals surface area (Å²) in [4.78, 5) is 24.7. The molecule has 0 aromatic rings. The van der Waals surface area contributed by atoms with Crippen LogP contribution >= 0.6 is 0 Å². The molecule has 1 aliphatic carbocycles. The molecule has 6 heteroatoms. The third-order valence-electron chi connectivity index (χ3n) is 6.19. The van der Waals surface area contributed by atoms with E-state index in [0.29, 0.717) is 13.2 Å². The van der Waals surface area contributed by atoms with E-state index in [2.05, 4.69) is 52.2 Å². The maximum absolute atomic E-state index is 12.7. The number of hydrogen-bond donors (Lipinski definition) is 2. The fourth-order valence-electron chi connectivity index (χ4n) is 4.99. The Morgan fingerprint density at radius 2 is 1.55 bits per heavy atom. The minimum Gasteiger partial charge on any atom is -0.450 e. The van der Waals surface area contributed by atoms with Crippen molar-refractivity contribution in [2.75, 3.05) is 13.2 Å². The number of ether oxygens (including phenoxy) is 2. The molecule has 2 N–H and O–H groups in total. The van der Waals surface area contributed by atoms with E-state index in [1.807, 2.05) is 0 Å². The summed E-state index contributed by atoms with van der Waals surface area (Å²) in [5, 5.41) is 6.07. The molecule has 0 saturated heterocycles. The number of amides is 2. The van der Waals surface area contributed by atoms with Crippen LogP contribution in [0.15, 0.2) is 0 Å². The van der Waals surface area contributed by atoms with Gasteiger partial charge in [0, 0.05) is 12.6 Å². The van der Waals surface area contributed by atoms with Crippen LogP contribution < -0.4 is 10.6 Å². The maximum Gasteiger partial charge on any atom is 0.407 e. The highest BCUT2D eigenvalue weighted by Gasteiger charge is 2.42. The van der Waals surface area contributed by atoms with Crippen LogP contribution in [0.25, 0.3) is 0 Å². The van der Waals surface area contributed by atoms with Crippen molar-refractivity contribution < 1.29 is 19.1 Å². The van der Waals surface area contributed by atoms with Crippen molar-refractivity contribution in [3.05, 3.63) is 0 Å². The summed E-state index contributed by atoms with van der Waals surface area (Å²) in [6.07, 6.45) is 10.2. The molecular formula is C25H48N2O4. The molecule has 6 nitrogen and oxygen atoms in total. The normalized spacial score (nSPS) is 22.7. The first-order chi connectivity index (χ1) is 14.6. The van der Waals surface area contributed by atoms with E-state index in [1.165, 1.54) is 0 Å². The molecule has 0 spiro atoms. The van der Waals surface area contributed by atoms with Crippen molar-refractivity contribution in [2.45, 2.75) is 124 Å². The highest BCUT2D eigenvalue weighted by atomic mass is 16.6. The second kappa shape index (κ2) is 13.8. The van der Waals surface area contributed by atoms with Crippen LogP contribution in [0, 0.1) is 10.8 Å². The van der Waals surface area contributed by atoms with E-state index in [4.69, 9.17) is 9.47 Å². The van der Waals surface area contributed by atoms with Crippen LogP contribution in [0.5, 0.6) is 0 Å². The van der Waals surface area contributed by atoms with Crippen LogP contribution in [0.4, 0.5) is 9.59 Å². The number of unbranched alkanes of at least 4 members (excludes halogenated alkanes) is 3. The Morgan fingerprint density at radius 1 is 0.935 bits per heavy atom. The van der Waals surface area contributed by atoms with Gasteiger partial charge in [-0.2, -0.15) is 0 Å². The van der Waals surface area contributed by atoms with Crippen LogP contribution in [0.3, 0.4) is 0 Å². The lowest BCUT2D eigenvalue weighted by Crippen LogP contribution is -2.50. The SMILES string of the molecule is CCCCOC(=O)NCC1(C)CC(NC(=O)OC(CCCC)CCCC)CC(C)(C)C1. The van der Waals surface area contributed by atoms with Crippen molar-refractivity contribution in [1.29, 1.82) is 0 Å². The van der Waals surface area contributed by atoms with Gasteiger partial charge in [-0.3, -0.25) is 0 Å². The lowest BCUT2D eigenvalue weighted by atomic mass is 9.62. The molecular weight excluding hydrogens is 392 g/mol. The number of hydrogen-bond acceptors (Lipinski definition) is 4. The monoisotopic (exact) mass is 440 g/mol. The molecule has 2 unspecified atom stereocenters. The van der Waals surface area contributed by atoms with E-state index >= 15 is 0 Å². The average Bonchev–Trinajstić information content (AvgIpc) is 2.67. The third-order valence-corrected chi connectivity index (χ3v) is 6.19. The van der Waals surface area contributed by atoms with Gasteiger partial charge in [0.05, 0.1) is 6.61 Å². The van der Waals surface area contributed by atoms with Crippen molar-refractivity contribution in [3.63, 3.8) is 0 Å². The van der Waals surface area contributed by atoms with Crippen LogP contribution in [-0.4, -0.2) is 37.5 Å². The van der Waals surface area contributed by atoms with Crippen molar-refractivity contribution in [2.24, 2.45) is 10.8 Å². The van der Waals surface area contributed by atoms with Gasteiger partial charge in [0.1, 0.15) is 6.10 Å². The summed E-state index contributed by atoms with van der Waals surface area (Å²) in [7, 11) is 0. The fraction of sp³-hybridized carbons (Fsp3) is 0.920. The third kappa shape index (κ3) is 11.6. The molecule has 182 valence electrons. The zero-order valence-corrected chi connectivity index (χ0v) is 21.0. The average molecular weight is 441 g/mol. The van der Waals surface area contributed by atoms with Gasteiger partial charge in [0.15, 0.2) is 0 Å². The van der Waals surface area contributed by atoms with Crippen LogP contribution in [0.1, 0.15) is 112 Å². The largest absolute Gasteiger partial charge is 0.450 e. The molecule has 0 aliphatic heterocycles. The fourth-order valence-corrected chi connectivity index (χ4v) is 4.99. The van der Waals surface area contributed by atoms with E-state index < -0.39 is 0 Å². The van der Waals surface area contributed by atoms with E-state index in [-0.39, 0.29) is 35.2 Å². The molecule has 2 atom stereocenters. The number of nitrogens with one attached hydrogen (secondary N) is 2. The van der Waals surface area contributed by atoms with Gasteiger partial charge in [-0.25, -0.2) is 9.59 Å². The van der Waals surface area contributed by atoms with Gasteiger partial charge in [0.2, 0.25) is 0 Å². The summed E-state index contributed by atoms with van der Waals surface area (Å²) in [5.74, 6) is 0. The molecule has 0 aromatic heterocycles. The van der Waals surface area contributed by atoms with Gasteiger partial charge >= 0.3 is 12.2 Å². The second-order valence-corrected chi connectivity index (χ2v) is 10.6. The first kappa shape index (κ1) is 27.6. The number of carbonyl (C=O) groups excluding carboxylic acids is 2. The summed E-state index contributed by atoms with van der Waals surface area (Å²) >= 11 is 0. The zero-order chi connectivity index (χ0) is 23.3. The van der Waals surface area contributed by atoms with E-state index in [9.17, 15) is 9.59 Å². The Hall–Kier alpha value is -1.46. The van der Waals surface area contributed by atoms with E-state index in [1.54, 1.807) is 0 Å². The van der Waals surface area contributed by atoms with E-state index in [0.717, 1.165) is 70.6 Å². The summed E-state index contributed by atoms with van der Waals surface area (Å²) in [6.45, 7) is 14.0. The minimum absolute atomic E-state index is 0.00226.